The molecular formula is C22H22N4O3. The second-order valence-corrected chi connectivity index (χ2v) is 7.30. The number of amides is 1. The van der Waals surface area contributed by atoms with E-state index in [0.29, 0.717) is 18.3 Å². The fourth-order valence-electron chi connectivity index (χ4n) is 3.94. The Hall–Kier alpha value is -3.48. The third-order valence-corrected chi connectivity index (χ3v) is 5.48. The molecule has 4 aromatic rings. The number of ether oxygens (including phenoxy) is 1. The number of benzene rings is 2. The molecule has 2 aromatic heterocycles. The number of methoxy groups -OCH3 is 1. The number of rotatable bonds is 5. The summed E-state index contributed by atoms with van der Waals surface area (Å²) < 4.78 is 11.2. The number of oxazole rings is 1. The van der Waals surface area contributed by atoms with Crippen LogP contribution in [0.25, 0.3) is 22.0 Å². The number of aromatic nitrogens is 2. The fraction of sp³-hybridized carbons (Fsp3) is 0.273. The molecular weight excluding hydrogens is 368 g/mol. The second-order valence-electron chi connectivity index (χ2n) is 7.30. The lowest BCUT2D eigenvalue weighted by atomic mass is 10.2. The highest BCUT2D eigenvalue weighted by Gasteiger charge is 2.29. The lowest BCUT2D eigenvalue weighted by molar-refractivity contribution is 0.0947. The topological polar surface area (TPSA) is 83.4 Å². The van der Waals surface area contributed by atoms with Crippen LogP contribution < -0.4 is 15.0 Å². The van der Waals surface area contributed by atoms with Crippen molar-refractivity contribution in [1.29, 1.82) is 0 Å². The number of H-pyrrole nitrogens is 1. The van der Waals surface area contributed by atoms with Gasteiger partial charge in [0, 0.05) is 30.1 Å². The third-order valence-electron chi connectivity index (χ3n) is 5.48. The standard InChI is InChI=1S/C22H22N4O3/c1-28-16-9-8-14-11-19(24-18(14)12-16)21(27)23-13-15-5-4-10-26(15)22-25-17-6-2-3-7-20(17)29-22/h2-3,6-9,11-12,15,24H,4-5,10,13H2,1H3,(H,23,27). The molecule has 1 amide bonds. The maximum Gasteiger partial charge on any atom is 0.298 e. The highest BCUT2D eigenvalue weighted by Crippen LogP contribution is 2.28. The molecule has 1 aliphatic heterocycles. The van der Waals surface area contributed by atoms with E-state index in [-0.39, 0.29) is 11.9 Å². The number of hydrogen-bond acceptors (Lipinski definition) is 5. The van der Waals surface area contributed by atoms with E-state index in [4.69, 9.17) is 9.15 Å². The van der Waals surface area contributed by atoms with Crippen LogP contribution in [0, 0.1) is 0 Å². The van der Waals surface area contributed by atoms with Gasteiger partial charge in [-0.3, -0.25) is 4.79 Å². The summed E-state index contributed by atoms with van der Waals surface area (Å²) in [6.45, 7) is 1.41. The number of hydrogen-bond donors (Lipinski definition) is 2. The first kappa shape index (κ1) is 17.6. The van der Waals surface area contributed by atoms with Gasteiger partial charge in [-0.25, -0.2) is 0 Å². The van der Waals surface area contributed by atoms with Crippen molar-refractivity contribution in [2.75, 3.05) is 25.1 Å². The van der Waals surface area contributed by atoms with E-state index < -0.39 is 0 Å². The van der Waals surface area contributed by atoms with Gasteiger partial charge in [-0.1, -0.05) is 12.1 Å². The van der Waals surface area contributed by atoms with E-state index in [2.05, 4.69) is 20.2 Å². The van der Waals surface area contributed by atoms with Crippen molar-refractivity contribution in [2.24, 2.45) is 0 Å². The summed E-state index contributed by atoms with van der Waals surface area (Å²) in [4.78, 5) is 22.6. The maximum atomic E-state index is 12.7. The van der Waals surface area contributed by atoms with Crippen LogP contribution >= 0.6 is 0 Å². The summed E-state index contributed by atoms with van der Waals surface area (Å²) in [5, 5.41) is 4.03. The average Bonchev–Trinajstić information content (AvgIpc) is 3.48. The van der Waals surface area contributed by atoms with Crippen LogP contribution in [0.3, 0.4) is 0 Å². The molecule has 1 fully saturated rings. The van der Waals surface area contributed by atoms with Gasteiger partial charge < -0.3 is 24.4 Å². The molecule has 0 spiro atoms. The molecule has 1 atom stereocenters. The van der Waals surface area contributed by atoms with Gasteiger partial charge >= 0.3 is 0 Å². The minimum absolute atomic E-state index is 0.121. The zero-order valence-corrected chi connectivity index (χ0v) is 16.1. The highest BCUT2D eigenvalue weighted by molar-refractivity contribution is 5.98. The molecule has 2 aromatic carbocycles. The molecule has 7 nitrogen and oxygen atoms in total. The van der Waals surface area contributed by atoms with Gasteiger partial charge in [-0.15, -0.1) is 0 Å². The molecule has 0 bridgehead atoms. The van der Waals surface area contributed by atoms with Crippen LogP contribution in [-0.4, -0.2) is 42.1 Å². The third kappa shape index (κ3) is 3.29. The first-order chi connectivity index (χ1) is 14.2. The largest absolute Gasteiger partial charge is 0.497 e. The smallest absolute Gasteiger partial charge is 0.298 e. The number of nitrogens with one attached hydrogen (secondary N) is 2. The summed E-state index contributed by atoms with van der Waals surface area (Å²) in [6, 6.07) is 16.1. The summed E-state index contributed by atoms with van der Waals surface area (Å²) in [6.07, 6.45) is 2.04. The van der Waals surface area contributed by atoms with Crippen molar-refractivity contribution in [3.63, 3.8) is 0 Å². The Morgan fingerprint density at radius 1 is 1.31 bits per heavy atom. The summed E-state index contributed by atoms with van der Waals surface area (Å²) in [5.74, 6) is 0.635. The highest BCUT2D eigenvalue weighted by atomic mass is 16.5. The van der Waals surface area contributed by atoms with Crippen LogP contribution in [0.2, 0.25) is 0 Å². The Kier molecular flexibility index (Phi) is 4.35. The fourth-order valence-corrected chi connectivity index (χ4v) is 3.94. The lowest BCUT2D eigenvalue weighted by Gasteiger charge is -2.22. The first-order valence-electron chi connectivity index (χ1n) is 9.78. The summed E-state index contributed by atoms with van der Waals surface area (Å²) in [5.41, 5.74) is 3.06. The minimum Gasteiger partial charge on any atom is -0.497 e. The number of carbonyl (C=O) groups excluding carboxylic acids is 1. The van der Waals surface area contributed by atoms with Crippen molar-refractivity contribution in [3.05, 3.63) is 54.2 Å². The Labute approximate surface area is 167 Å². The summed E-state index contributed by atoms with van der Waals surface area (Å²) >= 11 is 0. The SMILES string of the molecule is COc1ccc2cc(C(=O)NCC3CCCN3c3nc4ccccc4o3)[nH]c2c1. The molecule has 1 saturated heterocycles. The van der Waals surface area contributed by atoms with E-state index in [1.165, 1.54) is 0 Å². The van der Waals surface area contributed by atoms with Gasteiger partial charge in [0.1, 0.15) is 17.0 Å². The van der Waals surface area contributed by atoms with Crippen LogP contribution in [-0.2, 0) is 0 Å². The number of carbonyl (C=O) groups is 1. The van der Waals surface area contributed by atoms with Crippen LogP contribution in [0.15, 0.2) is 52.9 Å². The molecule has 3 heterocycles. The van der Waals surface area contributed by atoms with E-state index in [1.54, 1.807) is 7.11 Å². The molecule has 0 radical (unpaired) electrons. The second kappa shape index (κ2) is 7.16. The molecule has 5 rings (SSSR count). The van der Waals surface area contributed by atoms with Gasteiger partial charge in [0.05, 0.1) is 13.2 Å². The van der Waals surface area contributed by atoms with E-state index in [1.807, 2.05) is 48.5 Å². The molecule has 2 N–H and O–H groups in total. The van der Waals surface area contributed by atoms with Crippen molar-refractivity contribution < 1.29 is 13.9 Å². The molecule has 148 valence electrons. The number of para-hydroxylation sites is 2. The van der Waals surface area contributed by atoms with E-state index in [0.717, 1.165) is 47.1 Å². The van der Waals surface area contributed by atoms with Gasteiger partial charge in [0.15, 0.2) is 5.58 Å². The van der Waals surface area contributed by atoms with E-state index in [9.17, 15) is 4.79 Å². The first-order valence-corrected chi connectivity index (χ1v) is 9.78. The predicted octanol–water partition coefficient (Wildman–Crippen LogP) is 3.72. The van der Waals surface area contributed by atoms with Gasteiger partial charge in [0.25, 0.3) is 11.9 Å². The van der Waals surface area contributed by atoms with Crippen molar-refractivity contribution in [3.8, 4) is 5.75 Å². The Bertz CT molecular complexity index is 1150. The van der Waals surface area contributed by atoms with E-state index >= 15 is 0 Å². The Morgan fingerprint density at radius 3 is 3.07 bits per heavy atom. The average molecular weight is 390 g/mol. The minimum atomic E-state index is -0.121. The molecule has 1 unspecified atom stereocenters. The molecule has 29 heavy (non-hydrogen) atoms. The molecule has 0 saturated carbocycles. The number of nitrogens with zero attached hydrogens (tertiary/aromatic N) is 2. The maximum absolute atomic E-state index is 12.7. The predicted molar refractivity (Wildman–Crippen MR) is 112 cm³/mol. The van der Waals surface area contributed by atoms with Crippen molar-refractivity contribution >= 4 is 33.9 Å². The van der Waals surface area contributed by atoms with Gasteiger partial charge in [-0.05, 0) is 43.2 Å². The van der Waals surface area contributed by atoms with Gasteiger partial charge in [-0.2, -0.15) is 4.98 Å². The number of anilines is 1. The van der Waals surface area contributed by atoms with Crippen molar-refractivity contribution in [1.82, 2.24) is 15.3 Å². The normalized spacial score (nSPS) is 16.6. The lowest BCUT2D eigenvalue weighted by Crippen LogP contribution is -2.40. The number of aromatic amines is 1. The Morgan fingerprint density at radius 2 is 2.21 bits per heavy atom. The Balaban J connectivity index is 1.29. The number of fused-ring (bicyclic) bond motifs is 2. The van der Waals surface area contributed by atoms with Crippen molar-refractivity contribution in [2.45, 2.75) is 18.9 Å². The van der Waals surface area contributed by atoms with Crippen LogP contribution in [0.1, 0.15) is 23.3 Å². The monoisotopic (exact) mass is 390 g/mol. The van der Waals surface area contributed by atoms with Gasteiger partial charge in [0.2, 0.25) is 0 Å². The van der Waals surface area contributed by atoms with Crippen LogP contribution in [0.5, 0.6) is 5.75 Å². The zero-order chi connectivity index (χ0) is 19.8. The molecule has 1 aliphatic rings. The molecule has 0 aliphatic carbocycles. The van der Waals surface area contributed by atoms with Crippen LogP contribution in [0.4, 0.5) is 6.01 Å². The zero-order valence-electron chi connectivity index (χ0n) is 16.1. The molecule has 7 heteroatoms. The quantitative estimate of drug-likeness (QED) is 0.543. The summed E-state index contributed by atoms with van der Waals surface area (Å²) in [7, 11) is 1.63.